The van der Waals surface area contributed by atoms with Crippen molar-refractivity contribution in [3.05, 3.63) is 65.7 Å². The second-order valence-corrected chi connectivity index (χ2v) is 7.16. The molecule has 0 unspecified atom stereocenters. The van der Waals surface area contributed by atoms with Gasteiger partial charge in [0.15, 0.2) is 0 Å². The maximum atomic E-state index is 12.7. The van der Waals surface area contributed by atoms with Gasteiger partial charge in [0.1, 0.15) is 0 Å². The number of piperidine rings is 1. The Kier molecular flexibility index (Phi) is 7.19. The number of carbonyl (C=O) groups is 2. The summed E-state index contributed by atoms with van der Waals surface area (Å²) < 4.78 is 38.2. The molecule has 2 N–H and O–H groups in total. The number of hydrogen-bond acceptors (Lipinski definition) is 2. The molecular weight excluding hydrogens is 407 g/mol. The Bertz CT molecular complexity index is 973. The number of anilines is 1. The molecule has 3 amide bonds. The van der Waals surface area contributed by atoms with Crippen LogP contribution in [0.15, 0.2) is 54.6 Å². The van der Waals surface area contributed by atoms with Gasteiger partial charge >= 0.3 is 12.2 Å². The normalized spacial score (nSPS) is 14.4. The Balaban J connectivity index is 1.43. The minimum absolute atomic E-state index is 0.0174. The molecule has 0 bridgehead atoms. The SMILES string of the molecule is O=C(Nc1ccccc1)C1CCN(C(=O)NCC#Cc2cccc(C(F)(F)F)c2)CC1. The number of para-hydroxylation sites is 1. The van der Waals surface area contributed by atoms with Crippen molar-refractivity contribution in [2.45, 2.75) is 19.0 Å². The summed E-state index contributed by atoms with van der Waals surface area (Å²) in [7, 11) is 0. The predicted molar refractivity (Wildman–Crippen MR) is 111 cm³/mol. The summed E-state index contributed by atoms with van der Waals surface area (Å²) in [5.41, 5.74) is 0.212. The number of hydrogen-bond donors (Lipinski definition) is 2. The quantitative estimate of drug-likeness (QED) is 0.722. The monoisotopic (exact) mass is 429 g/mol. The van der Waals surface area contributed by atoms with E-state index in [0.717, 1.165) is 17.8 Å². The van der Waals surface area contributed by atoms with Gasteiger partial charge in [-0.05, 0) is 43.2 Å². The zero-order chi connectivity index (χ0) is 22.3. The highest BCUT2D eigenvalue weighted by molar-refractivity contribution is 5.92. The summed E-state index contributed by atoms with van der Waals surface area (Å²) in [6.45, 7) is 0.906. The zero-order valence-corrected chi connectivity index (χ0v) is 16.7. The first-order valence-corrected chi connectivity index (χ1v) is 9.88. The zero-order valence-electron chi connectivity index (χ0n) is 16.7. The third kappa shape index (κ3) is 6.51. The van der Waals surface area contributed by atoms with E-state index in [0.29, 0.717) is 25.9 Å². The number of rotatable bonds is 3. The van der Waals surface area contributed by atoms with Crippen LogP contribution in [0.4, 0.5) is 23.7 Å². The molecular formula is C23H22F3N3O2. The first kappa shape index (κ1) is 22.2. The van der Waals surface area contributed by atoms with E-state index in [1.165, 1.54) is 12.1 Å². The van der Waals surface area contributed by atoms with Crippen LogP contribution in [0.3, 0.4) is 0 Å². The second-order valence-electron chi connectivity index (χ2n) is 7.16. The average Bonchev–Trinajstić information content (AvgIpc) is 2.77. The van der Waals surface area contributed by atoms with Crippen LogP contribution < -0.4 is 10.6 Å². The van der Waals surface area contributed by atoms with E-state index in [1.807, 2.05) is 30.3 Å². The lowest BCUT2D eigenvalue weighted by Gasteiger charge is -2.31. The number of halogens is 3. The smallest absolute Gasteiger partial charge is 0.327 e. The van der Waals surface area contributed by atoms with Crippen LogP contribution >= 0.6 is 0 Å². The Morgan fingerprint density at radius 1 is 1.03 bits per heavy atom. The molecule has 1 aliphatic rings. The van der Waals surface area contributed by atoms with Gasteiger partial charge in [0, 0.05) is 30.3 Å². The summed E-state index contributed by atoms with van der Waals surface area (Å²) in [5.74, 6) is 5.07. The van der Waals surface area contributed by atoms with Crippen LogP contribution in [-0.2, 0) is 11.0 Å². The highest BCUT2D eigenvalue weighted by atomic mass is 19.4. The number of nitrogens with zero attached hydrogens (tertiary/aromatic N) is 1. The van der Waals surface area contributed by atoms with Crippen molar-refractivity contribution < 1.29 is 22.8 Å². The molecule has 0 spiro atoms. The lowest BCUT2D eigenvalue weighted by Crippen LogP contribution is -2.46. The number of nitrogens with one attached hydrogen (secondary N) is 2. The third-order valence-electron chi connectivity index (χ3n) is 4.94. The van der Waals surface area contributed by atoms with E-state index in [4.69, 9.17) is 0 Å². The fourth-order valence-electron chi connectivity index (χ4n) is 3.26. The molecule has 0 aromatic heterocycles. The van der Waals surface area contributed by atoms with Crippen LogP contribution in [0.1, 0.15) is 24.0 Å². The van der Waals surface area contributed by atoms with Crippen molar-refractivity contribution in [2.24, 2.45) is 5.92 Å². The average molecular weight is 429 g/mol. The Hall–Kier alpha value is -3.47. The van der Waals surface area contributed by atoms with E-state index in [9.17, 15) is 22.8 Å². The van der Waals surface area contributed by atoms with Crippen LogP contribution in [0.5, 0.6) is 0 Å². The van der Waals surface area contributed by atoms with Gasteiger partial charge in [-0.25, -0.2) is 4.79 Å². The van der Waals surface area contributed by atoms with Crippen LogP contribution in [-0.4, -0.2) is 36.5 Å². The van der Waals surface area contributed by atoms with Gasteiger partial charge < -0.3 is 15.5 Å². The fraction of sp³-hybridized carbons (Fsp3) is 0.304. The standard InChI is InChI=1S/C23H22F3N3O2/c24-23(25,26)19-8-4-6-17(16-19)7-5-13-27-22(31)29-14-11-18(12-15-29)21(30)28-20-9-2-1-3-10-20/h1-4,6,8-10,16,18H,11-15H2,(H,27,31)(H,28,30). The molecule has 0 saturated carbocycles. The van der Waals surface area contributed by atoms with Gasteiger partial charge in [-0.2, -0.15) is 13.2 Å². The molecule has 162 valence electrons. The molecule has 0 aliphatic carbocycles. The lowest BCUT2D eigenvalue weighted by atomic mass is 9.96. The molecule has 8 heteroatoms. The van der Waals surface area contributed by atoms with Crippen molar-refractivity contribution in [3.63, 3.8) is 0 Å². The molecule has 1 saturated heterocycles. The van der Waals surface area contributed by atoms with Crippen LogP contribution in [0.2, 0.25) is 0 Å². The Morgan fingerprint density at radius 3 is 2.42 bits per heavy atom. The van der Waals surface area contributed by atoms with Crippen molar-refractivity contribution in [1.29, 1.82) is 0 Å². The lowest BCUT2D eigenvalue weighted by molar-refractivity contribution is -0.137. The van der Waals surface area contributed by atoms with E-state index >= 15 is 0 Å². The number of amides is 3. The summed E-state index contributed by atoms with van der Waals surface area (Å²) in [6, 6.07) is 13.6. The number of urea groups is 1. The molecule has 0 atom stereocenters. The van der Waals surface area contributed by atoms with Gasteiger partial charge in [0.2, 0.25) is 5.91 Å². The summed E-state index contributed by atoms with van der Waals surface area (Å²) >= 11 is 0. The summed E-state index contributed by atoms with van der Waals surface area (Å²) in [4.78, 5) is 26.2. The summed E-state index contributed by atoms with van der Waals surface area (Å²) in [6.07, 6.45) is -3.31. The molecule has 31 heavy (non-hydrogen) atoms. The first-order chi connectivity index (χ1) is 14.8. The molecule has 1 aliphatic heterocycles. The van der Waals surface area contributed by atoms with Gasteiger partial charge in [-0.3, -0.25) is 4.79 Å². The van der Waals surface area contributed by atoms with Crippen LogP contribution in [0, 0.1) is 17.8 Å². The molecule has 2 aromatic carbocycles. The molecule has 1 fully saturated rings. The molecule has 5 nitrogen and oxygen atoms in total. The van der Waals surface area contributed by atoms with Crippen molar-refractivity contribution >= 4 is 17.6 Å². The number of benzene rings is 2. The largest absolute Gasteiger partial charge is 0.416 e. The van der Waals surface area contributed by atoms with Gasteiger partial charge in [0.25, 0.3) is 0 Å². The fourth-order valence-corrected chi connectivity index (χ4v) is 3.26. The minimum atomic E-state index is -4.42. The Morgan fingerprint density at radius 2 is 1.74 bits per heavy atom. The molecule has 0 radical (unpaired) electrons. The second kappa shape index (κ2) is 10.0. The first-order valence-electron chi connectivity index (χ1n) is 9.88. The van der Waals surface area contributed by atoms with E-state index in [2.05, 4.69) is 22.5 Å². The van der Waals surface area contributed by atoms with E-state index in [1.54, 1.807) is 4.90 Å². The van der Waals surface area contributed by atoms with Gasteiger partial charge in [-0.1, -0.05) is 36.1 Å². The maximum absolute atomic E-state index is 12.7. The van der Waals surface area contributed by atoms with Crippen molar-refractivity contribution in [2.75, 3.05) is 25.0 Å². The van der Waals surface area contributed by atoms with E-state index < -0.39 is 11.7 Å². The third-order valence-corrected chi connectivity index (χ3v) is 4.94. The van der Waals surface area contributed by atoms with Gasteiger partial charge in [0.05, 0.1) is 12.1 Å². The molecule has 2 aromatic rings. The predicted octanol–water partition coefficient (Wildman–Crippen LogP) is 4.12. The van der Waals surface area contributed by atoms with Crippen molar-refractivity contribution in [3.8, 4) is 11.8 Å². The number of likely N-dealkylation sites (tertiary alicyclic amines) is 1. The highest BCUT2D eigenvalue weighted by Crippen LogP contribution is 2.29. The number of alkyl halides is 3. The highest BCUT2D eigenvalue weighted by Gasteiger charge is 2.30. The van der Waals surface area contributed by atoms with Crippen LogP contribution in [0.25, 0.3) is 0 Å². The minimum Gasteiger partial charge on any atom is -0.327 e. The molecule has 3 rings (SSSR count). The topological polar surface area (TPSA) is 61.4 Å². The summed E-state index contributed by atoms with van der Waals surface area (Å²) in [5, 5.41) is 5.52. The van der Waals surface area contributed by atoms with Gasteiger partial charge in [-0.15, -0.1) is 0 Å². The molecule has 1 heterocycles. The van der Waals surface area contributed by atoms with E-state index in [-0.39, 0.29) is 30.0 Å². The maximum Gasteiger partial charge on any atom is 0.416 e. The number of carbonyl (C=O) groups excluding carboxylic acids is 2. The van der Waals surface area contributed by atoms with Crippen molar-refractivity contribution in [1.82, 2.24) is 10.2 Å². The Labute approximate surface area is 178 Å².